The molecule has 0 unspecified atom stereocenters. The van der Waals surface area contributed by atoms with E-state index in [1.54, 1.807) is 24.3 Å². The molecule has 0 bridgehead atoms. The second-order valence-corrected chi connectivity index (χ2v) is 4.64. The molecule has 2 aromatic carbocycles. The van der Waals surface area contributed by atoms with E-state index in [1.807, 2.05) is 6.07 Å². The Morgan fingerprint density at radius 3 is 2.24 bits per heavy atom. The van der Waals surface area contributed by atoms with Gasteiger partial charge in [-0.15, -0.1) is 0 Å². The molecular formula is C16H9FN2O2. The minimum atomic E-state index is -0.589. The molecule has 0 saturated heterocycles. The lowest BCUT2D eigenvalue weighted by atomic mass is 10.1. The van der Waals surface area contributed by atoms with Crippen molar-refractivity contribution in [3.63, 3.8) is 0 Å². The van der Waals surface area contributed by atoms with Crippen LogP contribution >= 0.6 is 0 Å². The zero-order valence-electron chi connectivity index (χ0n) is 10.8. The average molecular weight is 280 g/mol. The van der Waals surface area contributed by atoms with E-state index in [4.69, 9.17) is 5.26 Å². The van der Waals surface area contributed by atoms with Gasteiger partial charge < -0.3 is 0 Å². The van der Waals surface area contributed by atoms with Crippen molar-refractivity contribution in [3.05, 3.63) is 65.0 Å². The quantitative estimate of drug-likeness (QED) is 0.794. The van der Waals surface area contributed by atoms with Gasteiger partial charge in [0.25, 0.3) is 11.8 Å². The maximum absolute atomic E-state index is 13.6. The van der Waals surface area contributed by atoms with Crippen LogP contribution in [-0.4, -0.2) is 11.8 Å². The number of carbonyl (C=O) groups excluding carboxylic acids is 2. The fourth-order valence-corrected chi connectivity index (χ4v) is 2.38. The third-order valence-electron chi connectivity index (χ3n) is 3.28. The van der Waals surface area contributed by atoms with Gasteiger partial charge in [0.15, 0.2) is 0 Å². The molecule has 5 heteroatoms. The number of hydrogen-bond acceptors (Lipinski definition) is 3. The molecule has 21 heavy (non-hydrogen) atoms. The predicted octanol–water partition coefficient (Wildman–Crippen LogP) is 2.69. The van der Waals surface area contributed by atoms with Crippen molar-refractivity contribution in [3.8, 4) is 6.07 Å². The van der Waals surface area contributed by atoms with Crippen molar-refractivity contribution in [1.82, 2.24) is 0 Å². The van der Waals surface area contributed by atoms with Gasteiger partial charge in [0.05, 0.1) is 29.3 Å². The summed E-state index contributed by atoms with van der Waals surface area (Å²) in [5, 5.41) is 8.69. The maximum atomic E-state index is 13.6. The molecule has 0 fully saturated rings. The number of benzene rings is 2. The summed E-state index contributed by atoms with van der Waals surface area (Å²) in [6.45, 7) is 0. The first kappa shape index (κ1) is 13.0. The number of nitrogens with zero attached hydrogens (tertiary/aromatic N) is 2. The van der Waals surface area contributed by atoms with E-state index in [1.165, 1.54) is 12.1 Å². The molecule has 1 heterocycles. The Labute approximate surface area is 120 Å². The van der Waals surface area contributed by atoms with E-state index in [9.17, 15) is 14.0 Å². The number of amides is 2. The Kier molecular flexibility index (Phi) is 2.99. The first-order valence-corrected chi connectivity index (χ1v) is 6.26. The molecule has 0 saturated carbocycles. The molecular weight excluding hydrogens is 271 g/mol. The summed E-state index contributed by atoms with van der Waals surface area (Å²) in [7, 11) is 0. The molecule has 0 atom stereocenters. The van der Waals surface area contributed by atoms with Gasteiger partial charge in [-0.1, -0.05) is 12.1 Å². The normalized spacial score (nSPS) is 13.2. The monoisotopic (exact) mass is 280 g/mol. The van der Waals surface area contributed by atoms with E-state index >= 15 is 0 Å². The SMILES string of the molecule is N#CCc1cc(F)cc(N2C(=O)c3ccccc3C2=O)c1. The summed E-state index contributed by atoms with van der Waals surface area (Å²) in [5.74, 6) is -1.55. The summed E-state index contributed by atoms with van der Waals surface area (Å²) >= 11 is 0. The van der Waals surface area contributed by atoms with Crippen molar-refractivity contribution < 1.29 is 14.0 Å². The molecule has 4 nitrogen and oxygen atoms in total. The highest BCUT2D eigenvalue weighted by molar-refractivity contribution is 6.34. The zero-order chi connectivity index (χ0) is 15.0. The smallest absolute Gasteiger partial charge is 0.266 e. The van der Waals surface area contributed by atoms with E-state index < -0.39 is 17.6 Å². The highest BCUT2D eigenvalue weighted by Gasteiger charge is 2.36. The number of fused-ring (bicyclic) bond motifs is 1. The van der Waals surface area contributed by atoms with Gasteiger partial charge in [-0.2, -0.15) is 5.26 Å². The number of carbonyl (C=O) groups is 2. The van der Waals surface area contributed by atoms with Gasteiger partial charge in [-0.05, 0) is 35.9 Å². The lowest BCUT2D eigenvalue weighted by Crippen LogP contribution is -2.29. The lowest BCUT2D eigenvalue weighted by Gasteiger charge is -2.14. The average Bonchev–Trinajstić information content (AvgIpc) is 2.71. The van der Waals surface area contributed by atoms with Gasteiger partial charge in [0, 0.05) is 0 Å². The number of imide groups is 1. The largest absolute Gasteiger partial charge is 0.268 e. The standard InChI is InChI=1S/C16H9FN2O2/c17-11-7-10(5-6-18)8-12(9-11)19-15(20)13-3-1-2-4-14(13)16(19)21/h1-4,7-9H,5H2. The maximum Gasteiger partial charge on any atom is 0.266 e. The minimum Gasteiger partial charge on any atom is -0.268 e. The summed E-state index contributed by atoms with van der Waals surface area (Å²) in [6, 6.07) is 12.2. The first-order chi connectivity index (χ1) is 10.1. The molecule has 0 spiro atoms. The van der Waals surface area contributed by atoms with Crippen LogP contribution in [0.1, 0.15) is 26.3 Å². The summed E-state index contributed by atoms with van der Waals surface area (Å²) in [6.07, 6.45) is 0.00787. The number of nitriles is 1. The fraction of sp³-hybridized carbons (Fsp3) is 0.0625. The molecule has 2 aromatic rings. The fourth-order valence-electron chi connectivity index (χ4n) is 2.38. The van der Waals surface area contributed by atoms with Crippen molar-refractivity contribution in [2.24, 2.45) is 0 Å². The topological polar surface area (TPSA) is 61.2 Å². The van der Waals surface area contributed by atoms with Crippen LogP contribution in [0, 0.1) is 17.1 Å². The first-order valence-electron chi connectivity index (χ1n) is 6.26. The molecule has 1 aliphatic rings. The number of rotatable bonds is 2. The second-order valence-electron chi connectivity index (χ2n) is 4.64. The number of halogens is 1. The highest BCUT2D eigenvalue weighted by Crippen LogP contribution is 2.29. The van der Waals surface area contributed by atoms with Gasteiger partial charge >= 0.3 is 0 Å². The van der Waals surface area contributed by atoms with Crippen molar-refractivity contribution in [2.45, 2.75) is 6.42 Å². The van der Waals surface area contributed by atoms with Crippen LogP contribution in [0.25, 0.3) is 0 Å². The third kappa shape index (κ3) is 2.07. The Morgan fingerprint density at radius 1 is 1.05 bits per heavy atom. The summed E-state index contributed by atoms with van der Waals surface area (Å²) in [5.41, 5.74) is 1.16. The van der Waals surface area contributed by atoms with Crippen LogP contribution in [0.2, 0.25) is 0 Å². The van der Waals surface area contributed by atoms with Crippen LogP contribution in [0.4, 0.5) is 10.1 Å². The van der Waals surface area contributed by atoms with E-state index in [-0.39, 0.29) is 12.1 Å². The van der Waals surface area contributed by atoms with Gasteiger partial charge in [0.1, 0.15) is 5.82 Å². The summed E-state index contributed by atoms with van der Waals surface area (Å²) < 4.78 is 13.6. The molecule has 0 aromatic heterocycles. The number of anilines is 1. The summed E-state index contributed by atoms with van der Waals surface area (Å²) in [4.78, 5) is 25.6. The molecule has 3 rings (SSSR count). The van der Waals surface area contributed by atoms with Gasteiger partial charge in [-0.3, -0.25) is 9.59 Å². The van der Waals surface area contributed by atoms with Crippen molar-refractivity contribution in [2.75, 3.05) is 4.90 Å². The Balaban J connectivity index is 2.09. The molecule has 0 aliphatic carbocycles. The molecule has 0 radical (unpaired) electrons. The predicted molar refractivity (Wildman–Crippen MR) is 73.3 cm³/mol. The Bertz CT molecular complexity index is 773. The Morgan fingerprint density at radius 2 is 1.67 bits per heavy atom. The van der Waals surface area contributed by atoms with Crippen LogP contribution in [0.3, 0.4) is 0 Å². The third-order valence-corrected chi connectivity index (χ3v) is 3.28. The van der Waals surface area contributed by atoms with Crippen LogP contribution in [-0.2, 0) is 6.42 Å². The second kappa shape index (κ2) is 4.84. The van der Waals surface area contributed by atoms with Gasteiger partial charge in [0.2, 0.25) is 0 Å². The molecule has 1 aliphatic heterocycles. The zero-order valence-corrected chi connectivity index (χ0v) is 10.8. The molecule has 0 N–H and O–H groups in total. The Hall–Kier alpha value is -3.00. The van der Waals surface area contributed by atoms with Gasteiger partial charge in [-0.25, -0.2) is 9.29 Å². The van der Waals surface area contributed by atoms with Crippen LogP contribution < -0.4 is 4.90 Å². The highest BCUT2D eigenvalue weighted by atomic mass is 19.1. The van der Waals surface area contributed by atoms with Crippen LogP contribution in [0.5, 0.6) is 0 Å². The molecule has 102 valence electrons. The van der Waals surface area contributed by atoms with Crippen molar-refractivity contribution in [1.29, 1.82) is 5.26 Å². The molecule has 2 amide bonds. The van der Waals surface area contributed by atoms with Crippen LogP contribution in [0.15, 0.2) is 42.5 Å². The minimum absolute atomic E-state index is 0.00787. The van der Waals surface area contributed by atoms with E-state index in [0.29, 0.717) is 16.7 Å². The van der Waals surface area contributed by atoms with E-state index in [2.05, 4.69) is 0 Å². The van der Waals surface area contributed by atoms with Crippen molar-refractivity contribution >= 4 is 17.5 Å². The lowest BCUT2D eigenvalue weighted by molar-refractivity contribution is 0.0926. The van der Waals surface area contributed by atoms with E-state index in [0.717, 1.165) is 11.0 Å². The number of hydrogen-bond donors (Lipinski definition) is 0.